The van der Waals surface area contributed by atoms with Gasteiger partial charge in [0.15, 0.2) is 0 Å². The van der Waals surface area contributed by atoms with Crippen LogP contribution < -0.4 is 4.72 Å². The van der Waals surface area contributed by atoms with Crippen LogP contribution in [-0.4, -0.2) is 18.6 Å². The van der Waals surface area contributed by atoms with Gasteiger partial charge in [0.25, 0.3) is 0 Å². The number of aromatic amines is 1. The number of nitrogens with zero attached hydrogens (tertiary/aromatic N) is 1. The lowest BCUT2D eigenvalue weighted by atomic mass is 10.2. The van der Waals surface area contributed by atoms with Crippen molar-refractivity contribution in [1.82, 2.24) is 14.9 Å². The minimum absolute atomic E-state index is 0.0102. The van der Waals surface area contributed by atoms with Gasteiger partial charge in [-0.3, -0.25) is 5.10 Å². The summed E-state index contributed by atoms with van der Waals surface area (Å²) in [6.07, 6.45) is 3.17. The lowest BCUT2D eigenvalue weighted by Crippen LogP contribution is -2.27. The van der Waals surface area contributed by atoms with Crippen LogP contribution in [0.4, 0.5) is 0 Å². The fraction of sp³-hybridized carbons (Fsp3) is 0.182. The number of H-pyrrole nitrogens is 1. The Bertz CT molecular complexity index is 671. The van der Waals surface area contributed by atoms with Gasteiger partial charge < -0.3 is 0 Å². The predicted octanol–water partition coefficient (Wildman–Crippen LogP) is 2.76. The van der Waals surface area contributed by atoms with Crippen molar-refractivity contribution in [2.24, 2.45) is 0 Å². The third-order valence-electron chi connectivity index (χ3n) is 2.56. The van der Waals surface area contributed by atoms with Crippen molar-refractivity contribution in [2.75, 3.05) is 0 Å². The number of benzene rings is 1. The summed E-state index contributed by atoms with van der Waals surface area (Å²) in [5.74, 6) is 0. The summed E-state index contributed by atoms with van der Waals surface area (Å²) in [6.45, 7) is 1.71. The zero-order valence-electron chi connectivity index (χ0n) is 9.89. The molecule has 0 fully saturated rings. The van der Waals surface area contributed by atoms with Crippen molar-refractivity contribution in [3.63, 3.8) is 0 Å². The van der Waals surface area contributed by atoms with Gasteiger partial charge >= 0.3 is 0 Å². The first kappa shape index (κ1) is 14.3. The number of hydrogen-bond donors (Lipinski definition) is 2. The van der Waals surface area contributed by atoms with Gasteiger partial charge in [-0.25, -0.2) is 13.1 Å². The molecule has 0 saturated carbocycles. The van der Waals surface area contributed by atoms with Gasteiger partial charge in [0.1, 0.15) is 4.90 Å². The second-order valence-corrected chi connectivity index (χ2v) is 6.39. The Morgan fingerprint density at radius 1 is 1.37 bits per heavy atom. The largest absolute Gasteiger partial charge is 0.285 e. The van der Waals surface area contributed by atoms with E-state index >= 15 is 0 Å². The van der Waals surface area contributed by atoms with Crippen molar-refractivity contribution in [3.05, 3.63) is 46.2 Å². The number of hydrogen-bond acceptors (Lipinski definition) is 3. The maximum Gasteiger partial charge on any atom is 0.242 e. The smallest absolute Gasteiger partial charge is 0.242 e. The first-order valence-corrected chi connectivity index (χ1v) is 7.61. The van der Waals surface area contributed by atoms with Gasteiger partial charge in [-0.15, -0.1) is 0 Å². The Hall–Kier alpha value is -1.08. The molecule has 0 bridgehead atoms. The molecule has 0 radical (unpaired) electrons. The zero-order valence-corrected chi connectivity index (χ0v) is 12.2. The summed E-state index contributed by atoms with van der Waals surface area (Å²) in [5.41, 5.74) is 0.724. The van der Waals surface area contributed by atoms with E-state index in [9.17, 15) is 8.42 Å². The maximum absolute atomic E-state index is 12.2. The molecule has 0 amide bonds. The molecule has 5 nitrogen and oxygen atoms in total. The van der Waals surface area contributed by atoms with Crippen molar-refractivity contribution in [1.29, 1.82) is 0 Å². The topological polar surface area (TPSA) is 74.8 Å². The van der Waals surface area contributed by atoms with Crippen LogP contribution in [0.3, 0.4) is 0 Å². The summed E-state index contributed by atoms with van der Waals surface area (Å²) in [5, 5.41) is 6.60. The van der Waals surface area contributed by atoms with Crippen LogP contribution >= 0.6 is 23.2 Å². The minimum Gasteiger partial charge on any atom is -0.285 e. The van der Waals surface area contributed by atoms with Crippen LogP contribution in [0.15, 0.2) is 35.5 Å². The monoisotopic (exact) mass is 319 g/mol. The van der Waals surface area contributed by atoms with Crippen LogP contribution in [0.5, 0.6) is 0 Å². The Labute approximate surface area is 121 Å². The Balaban J connectivity index is 2.31. The Kier molecular flexibility index (Phi) is 4.15. The number of sulfonamides is 1. The van der Waals surface area contributed by atoms with E-state index in [0.29, 0.717) is 0 Å². The highest BCUT2D eigenvalue weighted by atomic mass is 35.5. The second-order valence-electron chi connectivity index (χ2n) is 3.93. The lowest BCUT2D eigenvalue weighted by molar-refractivity contribution is 0.567. The fourth-order valence-electron chi connectivity index (χ4n) is 1.55. The van der Waals surface area contributed by atoms with Gasteiger partial charge in [-0.1, -0.05) is 29.3 Å². The molecular weight excluding hydrogens is 309 g/mol. The molecule has 1 aromatic carbocycles. The van der Waals surface area contributed by atoms with Gasteiger partial charge in [0.05, 0.1) is 16.2 Å². The van der Waals surface area contributed by atoms with E-state index in [0.717, 1.165) is 5.56 Å². The van der Waals surface area contributed by atoms with Crippen LogP contribution in [0.25, 0.3) is 0 Å². The van der Waals surface area contributed by atoms with Crippen LogP contribution in [0.2, 0.25) is 10.0 Å². The van der Waals surface area contributed by atoms with E-state index in [4.69, 9.17) is 23.2 Å². The second kappa shape index (κ2) is 5.50. The highest BCUT2D eigenvalue weighted by Crippen LogP contribution is 2.29. The molecule has 0 spiro atoms. The van der Waals surface area contributed by atoms with Crippen molar-refractivity contribution >= 4 is 33.2 Å². The summed E-state index contributed by atoms with van der Waals surface area (Å²) in [7, 11) is -3.75. The molecule has 1 aromatic heterocycles. The Morgan fingerprint density at radius 2 is 2.11 bits per heavy atom. The van der Waals surface area contributed by atoms with Gasteiger partial charge in [-0.05, 0) is 19.1 Å². The zero-order chi connectivity index (χ0) is 14.0. The molecule has 19 heavy (non-hydrogen) atoms. The van der Waals surface area contributed by atoms with Gasteiger partial charge in [0, 0.05) is 17.8 Å². The van der Waals surface area contributed by atoms with Crippen molar-refractivity contribution < 1.29 is 8.42 Å². The number of halogens is 2. The van der Waals surface area contributed by atoms with Crippen molar-refractivity contribution in [3.8, 4) is 0 Å². The molecule has 8 heteroatoms. The standard InChI is InChI=1S/C11H11Cl2N3O2S/c1-7(8-5-14-15-6-8)16-19(17,18)10-4-2-3-9(12)11(10)13/h2-7,16H,1H3,(H,14,15). The molecule has 0 aliphatic rings. The van der Waals surface area contributed by atoms with E-state index in [2.05, 4.69) is 14.9 Å². The first-order valence-electron chi connectivity index (χ1n) is 5.37. The average Bonchev–Trinajstić information content (AvgIpc) is 2.85. The molecule has 1 unspecified atom stereocenters. The molecule has 0 saturated heterocycles. The molecule has 1 atom stereocenters. The van der Waals surface area contributed by atoms with E-state index in [1.54, 1.807) is 19.3 Å². The van der Waals surface area contributed by atoms with Gasteiger partial charge in [-0.2, -0.15) is 5.10 Å². The highest BCUT2D eigenvalue weighted by Gasteiger charge is 2.22. The molecule has 102 valence electrons. The fourth-order valence-corrected chi connectivity index (χ4v) is 3.55. The summed E-state index contributed by atoms with van der Waals surface area (Å²) in [4.78, 5) is -0.0444. The number of nitrogens with one attached hydrogen (secondary N) is 2. The van der Waals surface area contributed by atoms with Crippen LogP contribution in [0.1, 0.15) is 18.5 Å². The molecule has 0 aliphatic carbocycles. The van der Waals surface area contributed by atoms with Crippen LogP contribution in [-0.2, 0) is 10.0 Å². The normalized spacial score (nSPS) is 13.4. The molecule has 2 N–H and O–H groups in total. The molecular formula is C11H11Cl2N3O2S. The first-order chi connectivity index (χ1) is 8.92. The van der Waals surface area contributed by atoms with E-state index < -0.39 is 16.1 Å². The summed E-state index contributed by atoms with van der Waals surface area (Å²) >= 11 is 11.7. The SMILES string of the molecule is CC(NS(=O)(=O)c1cccc(Cl)c1Cl)c1cn[nH]c1. The molecule has 2 rings (SSSR count). The molecule has 0 aliphatic heterocycles. The lowest BCUT2D eigenvalue weighted by Gasteiger charge is -2.13. The van der Waals surface area contributed by atoms with E-state index in [1.807, 2.05) is 0 Å². The highest BCUT2D eigenvalue weighted by molar-refractivity contribution is 7.89. The third kappa shape index (κ3) is 3.09. The van der Waals surface area contributed by atoms with Gasteiger partial charge in [0.2, 0.25) is 10.0 Å². The summed E-state index contributed by atoms with van der Waals surface area (Å²) in [6, 6.07) is 4.03. The van der Waals surface area contributed by atoms with Crippen molar-refractivity contribution in [2.45, 2.75) is 17.9 Å². The molecule has 2 aromatic rings. The minimum atomic E-state index is -3.75. The Morgan fingerprint density at radius 3 is 2.74 bits per heavy atom. The number of aromatic nitrogens is 2. The van der Waals surface area contributed by atoms with E-state index in [-0.39, 0.29) is 14.9 Å². The average molecular weight is 320 g/mol. The summed E-state index contributed by atoms with van der Waals surface area (Å²) < 4.78 is 27.0. The quantitative estimate of drug-likeness (QED) is 0.909. The van der Waals surface area contributed by atoms with E-state index in [1.165, 1.54) is 18.2 Å². The number of rotatable bonds is 4. The predicted molar refractivity (Wildman–Crippen MR) is 73.8 cm³/mol. The third-order valence-corrected chi connectivity index (χ3v) is 5.07. The van der Waals surface area contributed by atoms with Crippen LogP contribution in [0, 0.1) is 0 Å². The maximum atomic E-state index is 12.2. The molecule has 1 heterocycles.